The van der Waals surface area contributed by atoms with E-state index in [2.05, 4.69) is 36.3 Å². The maximum atomic E-state index is 13.9. The number of hydrogen-bond donors (Lipinski definition) is 1. The number of anilines is 1. The van der Waals surface area contributed by atoms with Crippen molar-refractivity contribution in [3.05, 3.63) is 64.9 Å². The predicted molar refractivity (Wildman–Crippen MR) is 140 cm³/mol. The Labute approximate surface area is 211 Å². The molecule has 2 N–H and O–H groups in total. The van der Waals surface area contributed by atoms with Gasteiger partial charge in [-0.2, -0.15) is 10.1 Å². The number of benzene rings is 1. The van der Waals surface area contributed by atoms with Gasteiger partial charge in [0.05, 0.1) is 11.6 Å². The van der Waals surface area contributed by atoms with Gasteiger partial charge in [0.15, 0.2) is 5.82 Å². The zero-order valence-electron chi connectivity index (χ0n) is 20.7. The first-order valence-corrected chi connectivity index (χ1v) is 12.0. The quantitative estimate of drug-likeness (QED) is 0.349. The Morgan fingerprint density at radius 1 is 1.27 bits per heavy atom. The third-order valence-corrected chi connectivity index (χ3v) is 6.53. The highest BCUT2D eigenvalue weighted by Crippen LogP contribution is 2.38. The summed E-state index contributed by atoms with van der Waals surface area (Å²) in [5.41, 5.74) is 9.20. The molecular weight excluding hydrogens is 470 g/mol. The molecule has 0 radical (unpaired) electrons. The van der Waals surface area contributed by atoms with Crippen LogP contribution in [0.15, 0.2) is 57.3 Å². The van der Waals surface area contributed by atoms with Gasteiger partial charge in [-0.15, -0.1) is 0 Å². The summed E-state index contributed by atoms with van der Waals surface area (Å²) in [5, 5.41) is 9.82. The van der Waals surface area contributed by atoms with Crippen LogP contribution in [-0.2, 0) is 7.05 Å². The van der Waals surface area contributed by atoms with Gasteiger partial charge < -0.3 is 14.8 Å². The fraction of sp³-hybridized carbons (Fsp3) is 0.269. The van der Waals surface area contributed by atoms with E-state index in [0.717, 1.165) is 35.0 Å². The second-order valence-corrected chi connectivity index (χ2v) is 9.31. The molecule has 4 aromatic heterocycles. The second-order valence-electron chi connectivity index (χ2n) is 9.31. The van der Waals surface area contributed by atoms with Crippen molar-refractivity contribution in [2.75, 3.05) is 5.73 Å². The Bertz CT molecular complexity index is 1730. The van der Waals surface area contributed by atoms with Crippen molar-refractivity contribution in [3.63, 3.8) is 0 Å². The van der Waals surface area contributed by atoms with Gasteiger partial charge >= 0.3 is 0 Å². The summed E-state index contributed by atoms with van der Waals surface area (Å²) in [7, 11) is 1.87. The van der Waals surface area contributed by atoms with Crippen molar-refractivity contribution in [1.82, 2.24) is 34.5 Å². The van der Waals surface area contributed by atoms with Gasteiger partial charge in [-0.05, 0) is 29.9 Å². The van der Waals surface area contributed by atoms with Gasteiger partial charge in [0.2, 0.25) is 11.7 Å². The van der Waals surface area contributed by atoms with Crippen LogP contribution in [0.25, 0.3) is 33.3 Å². The van der Waals surface area contributed by atoms with Gasteiger partial charge in [0, 0.05) is 49.6 Å². The zero-order chi connectivity index (χ0) is 25.7. The molecule has 1 saturated carbocycles. The lowest BCUT2D eigenvalue weighted by Crippen LogP contribution is -2.25. The number of aromatic nitrogens is 7. The molecule has 186 valence electrons. The monoisotopic (exact) mass is 495 g/mol. The molecular formula is C26H25N9O2. The molecule has 5 aromatic rings. The molecule has 1 atom stereocenters. The number of nitrogen functional groups attached to an aromatic ring is 1. The Morgan fingerprint density at radius 2 is 2.11 bits per heavy atom. The zero-order valence-corrected chi connectivity index (χ0v) is 20.7. The van der Waals surface area contributed by atoms with Crippen LogP contribution in [0, 0.1) is 6.92 Å². The highest BCUT2D eigenvalue weighted by molar-refractivity contribution is 5.96. The van der Waals surface area contributed by atoms with E-state index in [1.807, 2.05) is 42.9 Å². The molecule has 37 heavy (non-hydrogen) atoms. The number of pyridine rings is 1. The van der Waals surface area contributed by atoms with Crippen LogP contribution in [0.4, 0.5) is 11.6 Å². The lowest BCUT2D eigenvalue weighted by atomic mass is 9.98. The number of nitrogens with zero attached hydrogens (tertiary/aromatic N) is 8. The van der Waals surface area contributed by atoms with Crippen molar-refractivity contribution in [2.24, 2.45) is 12.0 Å². The molecule has 4 heterocycles. The molecule has 0 spiro atoms. The number of hydrogen-bond acceptors (Lipinski definition) is 9. The van der Waals surface area contributed by atoms with Crippen molar-refractivity contribution in [2.45, 2.75) is 38.6 Å². The Balaban J connectivity index is 1.45. The van der Waals surface area contributed by atoms with E-state index < -0.39 is 0 Å². The lowest BCUT2D eigenvalue weighted by molar-refractivity contribution is 0.394. The highest BCUT2D eigenvalue weighted by Gasteiger charge is 2.29. The summed E-state index contributed by atoms with van der Waals surface area (Å²) < 4.78 is 8.77. The third kappa shape index (κ3) is 4.07. The summed E-state index contributed by atoms with van der Waals surface area (Å²) in [4.78, 5) is 31.1. The number of aryl methyl sites for hydroxylation is 2. The van der Waals surface area contributed by atoms with Crippen LogP contribution in [0.3, 0.4) is 0 Å². The van der Waals surface area contributed by atoms with E-state index in [4.69, 9.17) is 10.3 Å². The molecule has 0 aliphatic heterocycles. The lowest BCUT2D eigenvalue weighted by Gasteiger charge is -2.18. The molecule has 11 heteroatoms. The SMILES string of the molecule is Cc1nc(-c2c(N)ncnc2N=CC(C)c2cc3cccc(-c4cnn(C)c4)c3c(=O)n2C2CC2)no1. The Kier molecular flexibility index (Phi) is 5.40. The van der Waals surface area contributed by atoms with Crippen LogP contribution in [0.2, 0.25) is 0 Å². The number of fused-ring (bicyclic) bond motifs is 1. The molecule has 1 fully saturated rings. The Morgan fingerprint density at radius 3 is 2.81 bits per heavy atom. The number of aliphatic imine (C=N–C) groups is 1. The minimum Gasteiger partial charge on any atom is -0.383 e. The van der Waals surface area contributed by atoms with Gasteiger partial charge in [-0.1, -0.05) is 30.3 Å². The molecule has 6 rings (SSSR count). The average Bonchev–Trinajstić information content (AvgIpc) is 3.48. The molecule has 1 aliphatic carbocycles. The van der Waals surface area contributed by atoms with Gasteiger partial charge in [-0.3, -0.25) is 9.48 Å². The van der Waals surface area contributed by atoms with E-state index in [0.29, 0.717) is 22.7 Å². The number of nitrogens with two attached hydrogens (primary N) is 1. The predicted octanol–water partition coefficient (Wildman–Crippen LogP) is 3.97. The standard InChI is InChI=1S/C26H25N9O2/c1-14(10-28-24-22(23(27)29-13-30-24)25-32-15(2)37-33-25)20-9-16-5-4-6-19(17-11-31-34(3)12-17)21(16)26(36)35(20)18-7-8-18/h4-6,9-14,18H,7-8H2,1-3H3,(H2,27,29,30). The summed E-state index contributed by atoms with van der Waals surface area (Å²) >= 11 is 0. The van der Waals surface area contributed by atoms with E-state index in [1.54, 1.807) is 24.0 Å². The average molecular weight is 496 g/mol. The summed E-state index contributed by atoms with van der Waals surface area (Å²) in [6.07, 6.45) is 8.77. The molecule has 0 amide bonds. The van der Waals surface area contributed by atoms with E-state index in [9.17, 15) is 4.79 Å². The van der Waals surface area contributed by atoms with Crippen LogP contribution >= 0.6 is 0 Å². The van der Waals surface area contributed by atoms with Crippen LogP contribution in [0.5, 0.6) is 0 Å². The van der Waals surface area contributed by atoms with E-state index in [1.165, 1.54) is 6.33 Å². The molecule has 1 aromatic carbocycles. The molecule has 0 bridgehead atoms. The Hall–Kier alpha value is -4.67. The number of rotatable bonds is 6. The van der Waals surface area contributed by atoms with Gasteiger partial charge in [-0.25, -0.2) is 15.0 Å². The fourth-order valence-corrected chi connectivity index (χ4v) is 4.62. The van der Waals surface area contributed by atoms with Gasteiger partial charge in [0.25, 0.3) is 5.56 Å². The minimum atomic E-state index is -0.184. The van der Waals surface area contributed by atoms with E-state index in [-0.39, 0.29) is 29.2 Å². The van der Waals surface area contributed by atoms with Crippen molar-refractivity contribution >= 4 is 28.6 Å². The smallest absolute Gasteiger partial charge is 0.259 e. The summed E-state index contributed by atoms with van der Waals surface area (Å²) in [6.45, 7) is 3.70. The molecule has 11 nitrogen and oxygen atoms in total. The molecule has 0 saturated heterocycles. The first-order valence-electron chi connectivity index (χ1n) is 12.0. The maximum absolute atomic E-state index is 13.9. The first-order chi connectivity index (χ1) is 17.9. The summed E-state index contributed by atoms with van der Waals surface area (Å²) in [6, 6.07) is 8.18. The van der Waals surface area contributed by atoms with Crippen molar-refractivity contribution < 1.29 is 4.52 Å². The summed E-state index contributed by atoms with van der Waals surface area (Å²) in [5.74, 6) is 1.03. The second kappa shape index (κ2) is 8.77. The minimum absolute atomic E-state index is 0.00365. The molecule has 1 aliphatic rings. The van der Waals surface area contributed by atoms with E-state index >= 15 is 0 Å². The highest BCUT2D eigenvalue weighted by atomic mass is 16.5. The van der Waals surface area contributed by atoms with Crippen molar-refractivity contribution in [1.29, 1.82) is 0 Å². The van der Waals surface area contributed by atoms with Crippen LogP contribution in [0.1, 0.15) is 43.3 Å². The first kappa shape index (κ1) is 22.8. The third-order valence-electron chi connectivity index (χ3n) is 6.53. The van der Waals surface area contributed by atoms with Crippen LogP contribution in [-0.4, -0.2) is 40.7 Å². The normalized spacial score (nSPS) is 14.6. The maximum Gasteiger partial charge on any atom is 0.259 e. The van der Waals surface area contributed by atoms with Crippen molar-refractivity contribution in [3.8, 4) is 22.5 Å². The largest absolute Gasteiger partial charge is 0.383 e. The fourth-order valence-electron chi connectivity index (χ4n) is 4.62. The topological polar surface area (TPSA) is 143 Å². The van der Waals surface area contributed by atoms with Crippen LogP contribution < -0.4 is 11.3 Å². The molecule has 1 unspecified atom stereocenters. The van der Waals surface area contributed by atoms with Gasteiger partial charge in [0.1, 0.15) is 17.7 Å².